The van der Waals surface area contributed by atoms with Crippen molar-refractivity contribution in [3.05, 3.63) is 29.8 Å². The Bertz CT molecular complexity index is 456. The van der Waals surface area contributed by atoms with Gasteiger partial charge in [-0.1, -0.05) is 24.4 Å². The zero-order valence-corrected chi connectivity index (χ0v) is 10.8. The molecule has 1 aliphatic heterocycles. The molecule has 1 saturated heterocycles. The summed E-state index contributed by atoms with van der Waals surface area (Å²) in [5, 5.41) is 2.90. The molecule has 1 aliphatic rings. The Labute approximate surface area is 112 Å². The van der Waals surface area contributed by atoms with Gasteiger partial charge >= 0.3 is 0 Å². The summed E-state index contributed by atoms with van der Waals surface area (Å²) < 4.78 is 5.24. The number of carbonyl (C=O) groups is 1. The minimum Gasteiger partial charge on any atom is -0.389 e. The van der Waals surface area contributed by atoms with Crippen molar-refractivity contribution in [1.82, 2.24) is 0 Å². The van der Waals surface area contributed by atoms with Gasteiger partial charge in [-0.15, -0.1) is 0 Å². The molecule has 3 N–H and O–H groups in total. The molecule has 1 fully saturated rings. The smallest absolute Gasteiger partial charge is 0.227 e. The third-order valence-corrected chi connectivity index (χ3v) is 3.24. The van der Waals surface area contributed by atoms with Gasteiger partial charge in [0.15, 0.2) is 0 Å². The SMILES string of the molecule is NC(=S)c1cccc(NC(=O)C2CCOCC2)c1. The fourth-order valence-electron chi connectivity index (χ4n) is 1.95. The van der Waals surface area contributed by atoms with Gasteiger partial charge in [0.2, 0.25) is 5.91 Å². The molecule has 0 saturated carbocycles. The summed E-state index contributed by atoms with van der Waals surface area (Å²) in [4.78, 5) is 12.3. The average molecular weight is 264 g/mol. The zero-order chi connectivity index (χ0) is 13.0. The summed E-state index contributed by atoms with van der Waals surface area (Å²) in [6, 6.07) is 7.28. The lowest BCUT2D eigenvalue weighted by molar-refractivity contribution is -0.122. The van der Waals surface area contributed by atoms with Crippen molar-refractivity contribution in [3.63, 3.8) is 0 Å². The van der Waals surface area contributed by atoms with Crippen molar-refractivity contribution in [2.45, 2.75) is 12.8 Å². The highest BCUT2D eigenvalue weighted by molar-refractivity contribution is 7.80. The van der Waals surface area contributed by atoms with E-state index in [0.717, 1.165) is 24.1 Å². The number of anilines is 1. The van der Waals surface area contributed by atoms with Gasteiger partial charge in [-0.05, 0) is 25.0 Å². The predicted molar refractivity (Wildman–Crippen MR) is 74.5 cm³/mol. The van der Waals surface area contributed by atoms with Crippen LogP contribution in [0.4, 0.5) is 5.69 Å². The summed E-state index contributed by atoms with van der Waals surface area (Å²) in [7, 11) is 0. The first-order valence-corrected chi connectivity index (χ1v) is 6.36. The molecule has 0 aliphatic carbocycles. The molecule has 0 aromatic heterocycles. The number of carbonyl (C=O) groups excluding carboxylic acids is 1. The number of benzene rings is 1. The largest absolute Gasteiger partial charge is 0.389 e. The standard InChI is InChI=1S/C13H16N2O2S/c14-12(18)10-2-1-3-11(8-10)15-13(16)9-4-6-17-7-5-9/h1-3,8-9H,4-7H2,(H2,14,18)(H,15,16). The van der Waals surface area contributed by atoms with E-state index in [4.69, 9.17) is 22.7 Å². The second-order valence-electron chi connectivity index (χ2n) is 4.32. The third-order valence-electron chi connectivity index (χ3n) is 3.01. The van der Waals surface area contributed by atoms with E-state index >= 15 is 0 Å². The molecule has 5 heteroatoms. The molecule has 1 amide bonds. The van der Waals surface area contributed by atoms with Crippen LogP contribution < -0.4 is 11.1 Å². The molecule has 1 aromatic rings. The van der Waals surface area contributed by atoms with Crippen molar-refractivity contribution in [2.75, 3.05) is 18.5 Å². The molecule has 0 spiro atoms. The molecule has 0 unspecified atom stereocenters. The highest BCUT2D eigenvalue weighted by atomic mass is 32.1. The minimum absolute atomic E-state index is 0.0345. The molecule has 0 atom stereocenters. The monoisotopic (exact) mass is 264 g/mol. The number of ether oxygens (including phenoxy) is 1. The average Bonchev–Trinajstić information content (AvgIpc) is 2.40. The minimum atomic E-state index is 0.0345. The van der Waals surface area contributed by atoms with E-state index in [2.05, 4.69) is 5.32 Å². The van der Waals surface area contributed by atoms with Crippen LogP contribution in [0.1, 0.15) is 18.4 Å². The summed E-state index contributed by atoms with van der Waals surface area (Å²) in [6.07, 6.45) is 1.56. The summed E-state index contributed by atoms with van der Waals surface area (Å²) >= 11 is 4.91. The number of rotatable bonds is 3. The fourth-order valence-corrected chi connectivity index (χ4v) is 2.08. The van der Waals surface area contributed by atoms with Gasteiger partial charge in [-0.25, -0.2) is 0 Å². The van der Waals surface area contributed by atoms with Crippen LogP contribution in [0.25, 0.3) is 0 Å². The number of nitrogens with one attached hydrogen (secondary N) is 1. The van der Waals surface area contributed by atoms with E-state index in [-0.39, 0.29) is 11.8 Å². The normalized spacial score (nSPS) is 16.2. The van der Waals surface area contributed by atoms with Crippen LogP contribution in [0.2, 0.25) is 0 Å². The second kappa shape index (κ2) is 5.93. The number of hydrogen-bond donors (Lipinski definition) is 2. The summed E-state index contributed by atoms with van der Waals surface area (Å²) in [5.41, 5.74) is 7.05. The van der Waals surface area contributed by atoms with Crippen LogP contribution in [-0.2, 0) is 9.53 Å². The molecule has 1 heterocycles. The topological polar surface area (TPSA) is 64.3 Å². The first kappa shape index (κ1) is 13.0. The Kier molecular flexibility index (Phi) is 4.28. The van der Waals surface area contributed by atoms with Crippen molar-refractivity contribution in [1.29, 1.82) is 0 Å². The first-order valence-electron chi connectivity index (χ1n) is 5.95. The molecule has 4 nitrogen and oxygen atoms in total. The van der Waals surface area contributed by atoms with Gasteiger partial charge in [0.05, 0.1) is 0 Å². The quantitative estimate of drug-likeness (QED) is 0.815. The maximum absolute atomic E-state index is 12.0. The Morgan fingerprint density at radius 3 is 2.78 bits per heavy atom. The van der Waals surface area contributed by atoms with Gasteiger partial charge in [0.1, 0.15) is 4.99 Å². The Morgan fingerprint density at radius 1 is 1.39 bits per heavy atom. The molecular formula is C13H16N2O2S. The van der Waals surface area contributed by atoms with Crippen LogP contribution in [0.3, 0.4) is 0 Å². The van der Waals surface area contributed by atoms with Crippen molar-refractivity contribution < 1.29 is 9.53 Å². The highest BCUT2D eigenvalue weighted by Gasteiger charge is 2.21. The molecule has 18 heavy (non-hydrogen) atoms. The Hall–Kier alpha value is -1.46. The van der Waals surface area contributed by atoms with Crippen LogP contribution in [0, 0.1) is 5.92 Å². The Balaban J connectivity index is 2.02. The lowest BCUT2D eigenvalue weighted by Gasteiger charge is -2.21. The number of amides is 1. The van der Waals surface area contributed by atoms with E-state index in [1.807, 2.05) is 18.2 Å². The van der Waals surface area contributed by atoms with E-state index in [9.17, 15) is 4.79 Å². The van der Waals surface area contributed by atoms with Crippen LogP contribution in [0.5, 0.6) is 0 Å². The lowest BCUT2D eigenvalue weighted by Crippen LogP contribution is -2.28. The van der Waals surface area contributed by atoms with Crippen LogP contribution >= 0.6 is 12.2 Å². The van der Waals surface area contributed by atoms with E-state index in [1.54, 1.807) is 6.07 Å². The lowest BCUT2D eigenvalue weighted by atomic mass is 9.99. The maximum atomic E-state index is 12.0. The highest BCUT2D eigenvalue weighted by Crippen LogP contribution is 2.18. The second-order valence-corrected chi connectivity index (χ2v) is 4.76. The van der Waals surface area contributed by atoms with Gasteiger partial charge < -0.3 is 15.8 Å². The van der Waals surface area contributed by atoms with E-state index in [0.29, 0.717) is 18.2 Å². The first-order chi connectivity index (χ1) is 8.66. The fraction of sp³-hybridized carbons (Fsp3) is 0.385. The van der Waals surface area contributed by atoms with Gasteiger partial charge in [0, 0.05) is 30.4 Å². The van der Waals surface area contributed by atoms with Crippen molar-refractivity contribution >= 4 is 28.8 Å². The zero-order valence-electron chi connectivity index (χ0n) is 10.0. The van der Waals surface area contributed by atoms with Gasteiger partial charge in [-0.3, -0.25) is 4.79 Å². The molecule has 0 bridgehead atoms. The summed E-state index contributed by atoms with van der Waals surface area (Å²) in [5.74, 6) is 0.0747. The molecule has 0 radical (unpaired) electrons. The summed E-state index contributed by atoms with van der Waals surface area (Å²) in [6.45, 7) is 1.32. The number of hydrogen-bond acceptors (Lipinski definition) is 3. The van der Waals surface area contributed by atoms with Crippen LogP contribution in [-0.4, -0.2) is 24.1 Å². The maximum Gasteiger partial charge on any atom is 0.227 e. The molecular weight excluding hydrogens is 248 g/mol. The number of nitrogens with two attached hydrogens (primary N) is 1. The Morgan fingerprint density at radius 2 is 2.11 bits per heavy atom. The van der Waals surface area contributed by atoms with Gasteiger partial charge in [-0.2, -0.15) is 0 Å². The van der Waals surface area contributed by atoms with Crippen molar-refractivity contribution in [2.24, 2.45) is 11.7 Å². The third kappa shape index (κ3) is 3.27. The van der Waals surface area contributed by atoms with Crippen molar-refractivity contribution in [3.8, 4) is 0 Å². The van der Waals surface area contributed by atoms with Crippen LogP contribution in [0.15, 0.2) is 24.3 Å². The van der Waals surface area contributed by atoms with E-state index < -0.39 is 0 Å². The van der Waals surface area contributed by atoms with E-state index in [1.165, 1.54) is 0 Å². The van der Waals surface area contributed by atoms with Gasteiger partial charge in [0.25, 0.3) is 0 Å². The molecule has 1 aromatic carbocycles. The number of thiocarbonyl (C=S) groups is 1. The predicted octanol–water partition coefficient (Wildman–Crippen LogP) is 1.69. The molecule has 2 rings (SSSR count). The molecule has 96 valence electrons.